The number of aliphatic imine (C=N–C) groups is 1. The van der Waals surface area contributed by atoms with Crippen LogP contribution in [0.3, 0.4) is 0 Å². The molecule has 0 saturated carbocycles. The van der Waals surface area contributed by atoms with Gasteiger partial charge in [-0.05, 0) is 36.1 Å². The normalized spacial score (nSPS) is 20.9. The summed E-state index contributed by atoms with van der Waals surface area (Å²) in [6.07, 6.45) is 1.34. The van der Waals surface area contributed by atoms with Crippen LogP contribution in [-0.2, 0) is 14.9 Å². The number of hydrogen-bond acceptors (Lipinski definition) is 5. The first-order valence-electron chi connectivity index (χ1n) is 8.52. The van der Waals surface area contributed by atoms with Crippen molar-refractivity contribution in [1.29, 1.82) is 0 Å². The Balaban J connectivity index is 2.02. The molecule has 1 aliphatic heterocycles. The van der Waals surface area contributed by atoms with Crippen molar-refractivity contribution in [3.63, 3.8) is 0 Å². The third kappa shape index (κ3) is 2.17. The van der Waals surface area contributed by atoms with Crippen LogP contribution >= 0.6 is 0 Å². The third-order valence-corrected chi connectivity index (χ3v) is 5.35. The maximum Gasteiger partial charge on any atom is 0.335 e. The molecule has 2 aromatic rings. The predicted octanol–water partition coefficient (Wildman–Crippen LogP) is 2.92. The molecule has 1 aliphatic carbocycles. The number of nitrogens with two attached hydrogens (primary N) is 1. The summed E-state index contributed by atoms with van der Waals surface area (Å²) in [6.45, 7) is 0. The molecular weight excluding hydrogens is 328 g/mol. The van der Waals surface area contributed by atoms with Crippen molar-refractivity contribution in [2.75, 3.05) is 14.2 Å². The summed E-state index contributed by atoms with van der Waals surface area (Å²) in [5.74, 6) is 0.878. The molecule has 1 unspecified atom stereocenters. The van der Waals surface area contributed by atoms with Gasteiger partial charge in [-0.15, -0.1) is 0 Å². The molecule has 0 aromatic heterocycles. The predicted molar refractivity (Wildman–Crippen MR) is 99.2 cm³/mol. The second-order valence-corrected chi connectivity index (χ2v) is 6.50. The fraction of sp³-hybridized carbons (Fsp3) is 0.238. The minimum absolute atomic E-state index is 0.341. The first-order chi connectivity index (χ1) is 12.6. The lowest BCUT2D eigenvalue weighted by Crippen LogP contribution is -2.35. The van der Waals surface area contributed by atoms with E-state index in [1.807, 2.05) is 42.5 Å². The van der Waals surface area contributed by atoms with Gasteiger partial charge < -0.3 is 15.2 Å². The summed E-state index contributed by atoms with van der Waals surface area (Å²) >= 11 is 0. The average molecular weight is 348 g/mol. The van der Waals surface area contributed by atoms with Gasteiger partial charge in [-0.2, -0.15) is 0 Å². The maximum absolute atomic E-state index is 12.4. The number of rotatable bonds is 3. The van der Waals surface area contributed by atoms with Crippen molar-refractivity contribution in [3.8, 4) is 5.75 Å². The van der Waals surface area contributed by atoms with E-state index >= 15 is 0 Å². The van der Waals surface area contributed by atoms with Gasteiger partial charge in [-0.3, -0.25) is 0 Å². The van der Waals surface area contributed by atoms with Crippen LogP contribution in [0.15, 0.2) is 64.8 Å². The molecule has 1 atom stereocenters. The van der Waals surface area contributed by atoms with E-state index in [1.54, 1.807) is 7.11 Å². The van der Waals surface area contributed by atoms with Crippen LogP contribution in [0.1, 0.15) is 29.5 Å². The van der Waals surface area contributed by atoms with Gasteiger partial charge in [0.2, 0.25) is 0 Å². The monoisotopic (exact) mass is 348 g/mol. The van der Waals surface area contributed by atoms with E-state index in [9.17, 15) is 4.79 Å². The lowest BCUT2D eigenvalue weighted by molar-refractivity contribution is -0.136. The Hall–Kier alpha value is -3.08. The number of allylic oxidation sites excluding steroid dienone is 1. The molecule has 5 heteroatoms. The van der Waals surface area contributed by atoms with Crippen LogP contribution in [0.5, 0.6) is 5.75 Å². The Morgan fingerprint density at radius 2 is 1.85 bits per heavy atom. The molecule has 4 rings (SSSR count). The molecule has 2 N–H and O–H groups in total. The van der Waals surface area contributed by atoms with E-state index in [2.05, 4.69) is 11.1 Å². The first kappa shape index (κ1) is 16.4. The van der Waals surface area contributed by atoms with Crippen molar-refractivity contribution >= 4 is 11.8 Å². The highest BCUT2D eigenvalue weighted by Gasteiger charge is 2.49. The number of esters is 1. The van der Waals surface area contributed by atoms with Crippen LogP contribution in [-0.4, -0.2) is 26.0 Å². The topological polar surface area (TPSA) is 73.9 Å². The molecule has 2 aromatic carbocycles. The first-order valence-corrected chi connectivity index (χ1v) is 8.52. The van der Waals surface area contributed by atoms with Crippen molar-refractivity contribution in [2.24, 2.45) is 10.7 Å². The highest BCUT2D eigenvalue weighted by atomic mass is 16.5. The van der Waals surface area contributed by atoms with E-state index in [-0.39, 0.29) is 5.97 Å². The van der Waals surface area contributed by atoms with E-state index in [0.717, 1.165) is 28.9 Å². The van der Waals surface area contributed by atoms with Crippen LogP contribution in [0.4, 0.5) is 0 Å². The lowest BCUT2D eigenvalue weighted by Gasteiger charge is -2.36. The molecule has 0 fully saturated rings. The number of ether oxygens (including phenoxy) is 2. The van der Waals surface area contributed by atoms with Crippen LogP contribution in [0.25, 0.3) is 0 Å². The average Bonchev–Trinajstić information content (AvgIpc) is 3.08. The van der Waals surface area contributed by atoms with E-state index in [0.29, 0.717) is 23.5 Å². The van der Waals surface area contributed by atoms with Crippen molar-refractivity contribution in [2.45, 2.75) is 18.3 Å². The molecule has 5 nitrogen and oxygen atoms in total. The molecule has 0 amide bonds. The van der Waals surface area contributed by atoms with Gasteiger partial charge in [0, 0.05) is 5.56 Å². The number of hydrogen-bond donors (Lipinski definition) is 1. The minimum atomic E-state index is -0.505. The number of nitrogens with zero attached hydrogens (tertiary/aromatic N) is 1. The summed E-state index contributed by atoms with van der Waals surface area (Å²) in [7, 11) is 3.04. The number of fused-ring (bicyclic) bond motifs is 3. The number of amidine groups is 1. The molecule has 2 aliphatic rings. The molecule has 132 valence electrons. The maximum atomic E-state index is 12.4. The Kier molecular flexibility index (Phi) is 3.80. The Labute approximate surface area is 152 Å². The molecule has 1 heterocycles. The highest BCUT2D eigenvalue weighted by molar-refractivity contribution is 6.03. The fourth-order valence-corrected chi connectivity index (χ4v) is 4.13. The van der Waals surface area contributed by atoms with E-state index in [1.165, 1.54) is 7.11 Å². The number of benzene rings is 2. The smallest absolute Gasteiger partial charge is 0.335 e. The second kappa shape index (κ2) is 6.02. The van der Waals surface area contributed by atoms with Gasteiger partial charge in [0.1, 0.15) is 11.6 Å². The van der Waals surface area contributed by atoms with E-state index in [4.69, 9.17) is 15.2 Å². The summed E-state index contributed by atoms with van der Waals surface area (Å²) in [5, 5.41) is 0. The standard InChI is InChI=1S/C21H20N2O3/c1-25-14-9-7-13(8-10-14)21-12-11-16(20(24)26-2)18(21)23-19(22)15-5-3-4-6-17(15)21/h3-10H,11-12H2,1-2H3,(H2,22,23). The SMILES string of the molecule is COC(=O)C1=C2N=C(N)c3ccccc3C2(c2ccc(OC)cc2)CC1. The van der Waals surface area contributed by atoms with Gasteiger partial charge in [-0.25, -0.2) is 9.79 Å². The van der Waals surface area contributed by atoms with Gasteiger partial charge in [0.25, 0.3) is 0 Å². The number of carbonyl (C=O) groups excluding carboxylic acids is 1. The molecule has 0 bridgehead atoms. The van der Waals surface area contributed by atoms with Crippen LogP contribution < -0.4 is 10.5 Å². The Bertz CT molecular complexity index is 944. The summed E-state index contributed by atoms with van der Waals surface area (Å²) < 4.78 is 10.3. The zero-order chi connectivity index (χ0) is 18.3. The summed E-state index contributed by atoms with van der Waals surface area (Å²) in [5.41, 5.74) is 10.1. The van der Waals surface area contributed by atoms with Gasteiger partial charge in [0.15, 0.2) is 0 Å². The van der Waals surface area contributed by atoms with Crippen molar-refractivity contribution in [3.05, 3.63) is 76.5 Å². The van der Waals surface area contributed by atoms with Crippen molar-refractivity contribution in [1.82, 2.24) is 0 Å². The van der Waals surface area contributed by atoms with Crippen LogP contribution in [0, 0.1) is 0 Å². The summed E-state index contributed by atoms with van der Waals surface area (Å²) in [6, 6.07) is 15.9. The Morgan fingerprint density at radius 3 is 2.54 bits per heavy atom. The zero-order valence-electron chi connectivity index (χ0n) is 14.8. The number of carbonyl (C=O) groups is 1. The molecule has 0 radical (unpaired) electrons. The molecule has 0 saturated heterocycles. The van der Waals surface area contributed by atoms with Gasteiger partial charge in [0.05, 0.1) is 30.9 Å². The quantitative estimate of drug-likeness (QED) is 0.866. The largest absolute Gasteiger partial charge is 0.497 e. The Morgan fingerprint density at radius 1 is 1.12 bits per heavy atom. The minimum Gasteiger partial charge on any atom is -0.497 e. The fourth-order valence-electron chi connectivity index (χ4n) is 4.13. The second-order valence-electron chi connectivity index (χ2n) is 6.50. The molecule has 0 spiro atoms. The lowest BCUT2D eigenvalue weighted by atomic mass is 9.69. The zero-order valence-corrected chi connectivity index (χ0v) is 14.8. The third-order valence-electron chi connectivity index (χ3n) is 5.35. The summed E-state index contributed by atoms with van der Waals surface area (Å²) in [4.78, 5) is 17.0. The van der Waals surface area contributed by atoms with E-state index < -0.39 is 5.41 Å². The molecule has 26 heavy (non-hydrogen) atoms. The van der Waals surface area contributed by atoms with Crippen molar-refractivity contribution < 1.29 is 14.3 Å². The van der Waals surface area contributed by atoms with Gasteiger partial charge in [-0.1, -0.05) is 36.4 Å². The highest BCUT2D eigenvalue weighted by Crippen LogP contribution is 2.53. The molecular formula is C21H20N2O3. The number of methoxy groups -OCH3 is 2. The van der Waals surface area contributed by atoms with Gasteiger partial charge >= 0.3 is 5.97 Å². The van der Waals surface area contributed by atoms with Crippen LogP contribution in [0.2, 0.25) is 0 Å².